The van der Waals surface area contributed by atoms with E-state index in [-0.39, 0.29) is 11.8 Å². The molecule has 0 saturated carbocycles. The second kappa shape index (κ2) is 7.09. The predicted octanol–water partition coefficient (Wildman–Crippen LogP) is 3.78. The number of nitrogens with two attached hydrogens (primary N) is 1. The SMILES string of the molecule is Cc1ccc(NC(=O)c2cccc(N=C(N)CCl)c2)c(C)c1. The predicted molar refractivity (Wildman–Crippen MR) is 92.3 cm³/mol. The van der Waals surface area contributed by atoms with E-state index >= 15 is 0 Å². The van der Waals surface area contributed by atoms with Crippen LogP contribution in [-0.4, -0.2) is 17.6 Å². The molecule has 3 N–H and O–H groups in total. The Bertz CT molecular complexity index is 726. The van der Waals surface area contributed by atoms with Crippen LogP contribution in [0.3, 0.4) is 0 Å². The van der Waals surface area contributed by atoms with Gasteiger partial charge in [-0.3, -0.25) is 4.79 Å². The lowest BCUT2D eigenvalue weighted by molar-refractivity contribution is 0.102. The van der Waals surface area contributed by atoms with Crippen LogP contribution in [-0.2, 0) is 0 Å². The Kier molecular flexibility index (Phi) is 5.17. The minimum absolute atomic E-state index is 0.152. The number of amidine groups is 1. The number of halogens is 1. The van der Waals surface area contributed by atoms with Gasteiger partial charge in [-0.05, 0) is 43.7 Å². The third-order valence-corrected chi connectivity index (χ3v) is 3.42. The van der Waals surface area contributed by atoms with Crippen molar-refractivity contribution in [2.75, 3.05) is 11.2 Å². The van der Waals surface area contributed by atoms with E-state index < -0.39 is 0 Å². The van der Waals surface area contributed by atoms with Gasteiger partial charge in [-0.2, -0.15) is 0 Å². The summed E-state index contributed by atoms with van der Waals surface area (Å²) in [5.74, 6) is 0.279. The molecule has 0 radical (unpaired) electrons. The number of carbonyl (C=O) groups is 1. The van der Waals surface area contributed by atoms with Crippen molar-refractivity contribution >= 4 is 34.7 Å². The fourth-order valence-corrected chi connectivity index (χ4v) is 2.12. The second-order valence-corrected chi connectivity index (χ2v) is 5.33. The summed E-state index contributed by atoms with van der Waals surface area (Å²) in [4.78, 5) is 16.5. The van der Waals surface area contributed by atoms with Gasteiger partial charge in [0.15, 0.2) is 0 Å². The monoisotopic (exact) mass is 315 g/mol. The summed E-state index contributed by atoms with van der Waals surface area (Å²) in [7, 11) is 0. The minimum Gasteiger partial charge on any atom is -0.386 e. The van der Waals surface area contributed by atoms with Crippen LogP contribution in [0.25, 0.3) is 0 Å². The van der Waals surface area contributed by atoms with Crippen LogP contribution in [0, 0.1) is 13.8 Å². The molecule has 0 heterocycles. The molecule has 0 aliphatic heterocycles. The van der Waals surface area contributed by atoms with Crippen LogP contribution < -0.4 is 11.1 Å². The number of hydrogen-bond donors (Lipinski definition) is 2. The Morgan fingerprint density at radius 1 is 1.23 bits per heavy atom. The normalized spacial score (nSPS) is 11.3. The molecule has 0 aromatic heterocycles. The Hall–Kier alpha value is -2.33. The first-order valence-corrected chi connectivity index (χ1v) is 7.40. The fourth-order valence-electron chi connectivity index (χ4n) is 2.06. The summed E-state index contributed by atoms with van der Waals surface area (Å²) in [6, 6.07) is 12.8. The first-order chi connectivity index (χ1) is 10.5. The lowest BCUT2D eigenvalue weighted by Crippen LogP contribution is -2.13. The lowest BCUT2D eigenvalue weighted by Gasteiger charge is -2.09. The maximum atomic E-state index is 12.3. The van der Waals surface area contributed by atoms with Crippen molar-refractivity contribution in [3.05, 3.63) is 59.2 Å². The van der Waals surface area contributed by atoms with E-state index in [0.717, 1.165) is 16.8 Å². The molecule has 2 aromatic carbocycles. The zero-order chi connectivity index (χ0) is 16.1. The molecule has 4 nitrogen and oxygen atoms in total. The Morgan fingerprint density at radius 2 is 2.00 bits per heavy atom. The number of nitrogens with one attached hydrogen (secondary N) is 1. The number of alkyl halides is 1. The summed E-state index contributed by atoms with van der Waals surface area (Å²) in [6.45, 7) is 3.98. The number of carbonyl (C=O) groups excluding carboxylic acids is 1. The first kappa shape index (κ1) is 16.0. The van der Waals surface area contributed by atoms with Crippen molar-refractivity contribution in [3.8, 4) is 0 Å². The molecule has 0 bridgehead atoms. The van der Waals surface area contributed by atoms with Crippen molar-refractivity contribution in [1.29, 1.82) is 0 Å². The van der Waals surface area contributed by atoms with Gasteiger partial charge in [0.1, 0.15) is 5.84 Å². The van der Waals surface area contributed by atoms with E-state index in [9.17, 15) is 4.79 Å². The summed E-state index contributed by atoms with van der Waals surface area (Å²) >= 11 is 5.61. The third-order valence-electron chi connectivity index (χ3n) is 3.15. The van der Waals surface area contributed by atoms with Crippen molar-refractivity contribution in [3.63, 3.8) is 0 Å². The quantitative estimate of drug-likeness (QED) is 0.512. The smallest absolute Gasteiger partial charge is 0.255 e. The zero-order valence-corrected chi connectivity index (χ0v) is 13.3. The van der Waals surface area contributed by atoms with Crippen molar-refractivity contribution < 1.29 is 4.79 Å². The van der Waals surface area contributed by atoms with E-state index in [0.29, 0.717) is 17.1 Å². The van der Waals surface area contributed by atoms with E-state index in [1.807, 2.05) is 32.0 Å². The molecule has 0 unspecified atom stereocenters. The molecule has 22 heavy (non-hydrogen) atoms. The van der Waals surface area contributed by atoms with Gasteiger partial charge < -0.3 is 11.1 Å². The first-order valence-electron chi connectivity index (χ1n) is 6.87. The maximum absolute atomic E-state index is 12.3. The number of hydrogen-bond acceptors (Lipinski definition) is 2. The van der Waals surface area contributed by atoms with Gasteiger partial charge >= 0.3 is 0 Å². The molecule has 0 aliphatic rings. The molecule has 5 heteroatoms. The van der Waals surface area contributed by atoms with E-state index in [2.05, 4.69) is 10.3 Å². The molecule has 0 fully saturated rings. The van der Waals surface area contributed by atoms with Crippen LogP contribution in [0.1, 0.15) is 21.5 Å². The van der Waals surface area contributed by atoms with Gasteiger partial charge in [0.25, 0.3) is 5.91 Å². The maximum Gasteiger partial charge on any atom is 0.255 e. The average molecular weight is 316 g/mol. The van der Waals surface area contributed by atoms with Gasteiger partial charge in [-0.15, -0.1) is 11.6 Å². The number of aliphatic imine (C=N–C) groups is 1. The van der Waals surface area contributed by atoms with Crippen molar-refractivity contribution in [2.45, 2.75) is 13.8 Å². The number of rotatable bonds is 4. The second-order valence-electron chi connectivity index (χ2n) is 5.06. The standard InChI is InChI=1S/C17H18ClN3O/c1-11-6-7-15(12(2)8-11)21-17(22)13-4-3-5-14(9-13)20-16(19)10-18/h3-9H,10H2,1-2H3,(H2,19,20)(H,21,22). The highest BCUT2D eigenvalue weighted by Gasteiger charge is 2.08. The largest absolute Gasteiger partial charge is 0.386 e. The summed E-state index contributed by atoms with van der Waals surface area (Å²) in [5, 5.41) is 2.90. The number of anilines is 1. The van der Waals surface area contributed by atoms with Crippen molar-refractivity contribution in [1.82, 2.24) is 0 Å². The van der Waals surface area contributed by atoms with Gasteiger partial charge in [-0.1, -0.05) is 23.8 Å². The lowest BCUT2D eigenvalue weighted by atomic mass is 10.1. The van der Waals surface area contributed by atoms with Gasteiger partial charge in [0, 0.05) is 11.3 Å². The highest BCUT2D eigenvalue weighted by atomic mass is 35.5. The highest BCUT2D eigenvalue weighted by Crippen LogP contribution is 2.19. The van der Waals surface area contributed by atoms with Gasteiger partial charge in [0.2, 0.25) is 0 Å². The van der Waals surface area contributed by atoms with Crippen LogP contribution in [0.5, 0.6) is 0 Å². The molecule has 0 spiro atoms. The molecule has 2 rings (SSSR count). The highest BCUT2D eigenvalue weighted by molar-refractivity contribution is 6.28. The Balaban J connectivity index is 2.21. The van der Waals surface area contributed by atoms with Crippen LogP contribution in [0.2, 0.25) is 0 Å². The molecular weight excluding hydrogens is 298 g/mol. The molecule has 1 amide bonds. The topological polar surface area (TPSA) is 67.5 Å². The Labute approximate surface area is 135 Å². The Morgan fingerprint density at radius 3 is 2.68 bits per heavy atom. The van der Waals surface area contributed by atoms with E-state index in [1.165, 1.54) is 0 Å². The zero-order valence-electron chi connectivity index (χ0n) is 12.6. The minimum atomic E-state index is -0.187. The van der Waals surface area contributed by atoms with Crippen LogP contribution >= 0.6 is 11.6 Å². The molecule has 0 saturated heterocycles. The summed E-state index contributed by atoms with van der Waals surface area (Å²) < 4.78 is 0. The molecule has 114 valence electrons. The fraction of sp³-hybridized carbons (Fsp3) is 0.176. The number of amides is 1. The molecular formula is C17H18ClN3O. The van der Waals surface area contributed by atoms with Crippen LogP contribution in [0.15, 0.2) is 47.5 Å². The van der Waals surface area contributed by atoms with Gasteiger partial charge in [0.05, 0.1) is 11.6 Å². The number of benzene rings is 2. The summed E-state index contributed by atoms with van der Waals surface area (Å²) in [6.07, 6.45) is 0. The average Bonchev–Trinajstić information content (AvgIpc) is 2.50. The van der Waals surface area contributed by atoms with Crippen LogP contribution in [0.4, 0.5) is 11.4 Å². The van der Waals surface area contributed by atoms with Gasteiger partial charge in [-0.25, -0.2) is 4.99 Å². The third kappa shape index (κ3) is 4.09. The van der Waals surface area contributed by atoms with E-state index in [1.54, 1.807) is 24.3 Å². The number of nitrogens with zero attached hydrogens (tertiary/aromatic N) is 1. The van der Waals surface area contributed by atoms with E-state index in [4.69, 9.17) is 17.3 Å². The number of aryl methyl sites for hydroxylation is 2. The molecule has 0 aliphatic carbocycles. The molecule has 2 aromatic rings. The van der Waals surface area contributed by atoms with Crippen molar-refractivity contribution in [2.24, 2.45) is 10.7 Å². The summed E-state index contributed by atoms with van der Waals surface area (Å²) in [5.41, 5.74) is 9.70. The molecule has 0 atom stereocenters.